The van der Waals surface area contributed by atoms with Crippen molar-refractivity contribution >= 4 is 7.82 Å². The van der Waals surface area contributed by atoms with Crippen LogP contribution in [0.4, 0.5) is 4.39 Å². The first-order chi connectivity index (χ1) is 10.6. The molecule has 2 rings (SSSR count). The van der Waals surface area contributed by atoms with Gasteiger partial charge in [-0.3, -0.25) is 23.4 Å². The van der Waals surface area contributed by atoms with E-state index in [9.17, 15) is 23.7 Å². The average molecular weight is 354 g/mol. The van der Waals surface area contributed by atoms with Crippen molar-refractivity contribution in [3.8, 4) is 0 Å². The molecular weight excluding hydrogens is 338 g/mol. The third-order valence-corrected chi connectivity index (χ3v) is 4.39. The molecule has 0 amide bonds. The summed E-state index contributed by atoms with van der Waals surface area (Å²) in [5.41, 5.74) is -4.01. The van der Waals surface area contributed by atoms with Gasteiger partial charge in [0.2, 0.25) is 0 Å². The Morgan fingerprint density at radius 2 is 2.22 bits per heavy atom. The molecule has 1 aliphatic rings. The number of ether oxygens (including phenoxy) is 1. The molecule has 0 bridgehead atoms. The molecule has 0 aromatic carbocycles. The Bertz CT molecular complexity index is 731. The second-order valence-electron chi connectivity index (χ2n) is 5.09. The van der Waals surface area contributed by atoms with E-state index in [2.05, 4.69) is 9.05 Å². The lowest BCUT2D eigenvalue weighted by Crippen LogP contribution is -2.43. The van der Waals surface area contributed by atoms with Crippen molar-refractivity contribution < 1.29 is 32.7 Å². The van der Waals surface area contributed by atoms with Crippen LogP contribution in [-0.2, 0) is 18.3 Å². The molecule has 2 heterocycles. The van der Waals surface area contributed by atoms with Crippen LogP contribution in [0.1, 0.15) is 13.2 Å². The minimum atomic E-state index is -4.33. The van der Waals surface area contributed by atoms with Crippen molar-refractivity contribution in [3.63, 3.8) is 0 Å². The van der Waals surface area contributed by atoms with Gasteiger partial charge in [-0.15, -0.1) is 0 Å². The number of nitrogens with zero attached hydrogens (tertiary/aromatic N) is 1. The molecular formula is C11H16FN2O8P. The molecule has 23 heavy (non-hydrogen) atoms. The summed E-state index contributed by atoms with van der Waals surface area (Å²) >= 11 is 0. The van der Waals surface area contributed by atoms with Crippen LogP contribution in [0, 0.1) is 0 Å². The Hall–Kier alpha value is -1.36. The highest BCUT2D eigenvalue weighted by Gasteiger charge is 2.55. The quantitative estimate of drug-likeness (QED) is 0.589. The average Bonchev–Trinajstić information content (AvgIpc) is 2.69. The van der Waals surface area contributed by atoms with Gasteiger partial charge in [0.1, 0.15) is 12.2 Å². The van der Waals surface area contributed by atoms with E-state index in [4.69, 9.17) is 9.63 Å². The standard InChI is InChI=1S/C11H16FN2O8P/c1-11(12)8(16)6(5-21-23(18,19)20-2)22-9(11)14-4-3-7(15)13-10(14)17/h3-4,6,8-9,16H,5H2,1-2H3,(H,18,19)(H,13,15,17)/t6-,8-,9-,11-/m1/s1. The molecule has 130 valence electrons. The fraction of sp³-hybridized carbons (Fsp3) is 0.636. The van der Waals surface area contributed by atoms with Gasteiger partial charge in [0, 0.05) is 19.4 Å². The zero-order valence-corrected chi connectivity index (χ0v) is 13.1. The molecule has 0 saturated carbocycles. The number of aromatic nitrogens is 2. The number of nitrogens with one attached hydrogen (secondary N) is 1. The van der Waals surface area contributed by atoms with Gasteiger partial charge in [-0.05, 0) is 6.92 Å². The van der Waals surface area contributed by atoms with E-state index < -0.39 is 49.8 Å². The number of rotatable bonds is 5. The number of phosphoric ester groups is 1. The summed E-state index contributed by atoms with van der Waals surface area (Å²) in [6.07, 6.45) is -3.62. The third-order valence-electron chi connectivity index (χ3n) is 3.45. The summed E-state index contributed by atoms with van der Waals surface area (Å²) in [6, 6.07) is 0.990. The number of hydrogen-bond acceptors (Lipinski definition) is 7. The summed E-state index contributed by atoms with van der Waals surface area (Å²) in [5.74, 6) is 0. The summed E-state index contributed by atoms with van der Waals surface area (Å²) in [5, 5.41) is 9.98. The van der Waals surface area contributed by atoms with Crippen LogP contribution in [-0.4, -0.2) is 51.1 Å². The minimum absolute atomic E-state index is 0.642. The Labute approximate surface area is 129 Å². The summed E-state index contributed by atoms with van der Waals surface area (Å²) in [7, 11) is -3.39. The van der Waals surface area contributed by atoms with E-state index in [0.717, 1.165) is 30.9 Å². The predicted octanol–water partition coefficient (Wildman–Crippen LogP) is -0.714. The van der Waals surface area contributed by atoms with Crippen LogP contribution in [0.25, 0.3) is 0 Å². The maximum atomic E-state index is 14.7. The highest BCUT2D eigenvalue weighted by molar-refractivity contribution is 7.47. The first-order valence-corrected chi connectivity index (χ1v) is 7.95. The summed E-state index contributed by atoms with van der Waals surface area (Å²) < 4.78 is 40.7. The second kappa shape index (κ2) is 6.27. The Balaban J connectivity index is 2.24. The Morgan fingerprint density at radius 1 is 1.57 bits per heavy atom. The summed E-state index contributed by atoms with van der Waals surface area (Å²) in [4.78, 5) is 33.9. The van der Waals surface area contributed by atoms with Crippen molar-refractivity contribution in [3.05, 3.63) is 33.1 Å². The maximum Gasteiger partial charge on any atom is 0.472 e. The molecule has 12 heteroatoms. The van der Waals surface area contributed by atoms with Crippen LogP contribution < -0.4 is 11.2 Å². The number of aromatic amines is 1. The Morgan fingerprint density at radius 3 is 2.78 bits per heavy atom. The second-order valence-corrected chi connectivity index (χ2v) is 6.65. The van der Waals surface area contributed by atoms with E-state index in [0.29, 0.717) is 0 Å². The lowest BCUT2D eigenvalue weighted by molar-refractivity contribution is -0.0608. The molecule has 0 aliphatic carbocycles. The molecule has 1 unspecified atom stereocenters. The van der Waals surface area contributed by atoms with Gasteiger partial charge in [0.05, 0.1) is 6.61 Å². The molecule has 1 aliphatic heterocycles. The molecule has 1 saturated heterocycles. The first kappa shape index (κ1) is 18.0. The maximum absolute atomic E-state index is 14.7. The number of H-pyrrole nitrogens is 1. The number of alkyl halides is 1. The van der Waals surface area contributed by atoms with Crippen LogP contribution >= 0.6 is 7.82 Å². The fourth-order valence-electron chi connectivity index (χ4n) is 2.18. The van der Waals surface area contributed by atoms with Gasteiger partial charge < -0.3 is 14.7 Å². The summed E-state index contributed by atoms with van der Waals surface area (Å²) in [6.45, 7) is 0.353. The molecule has 0 spiro atoms. The molecule has 1 fully saturated rings. The zero-order valence-electron chi connectivity index (χ0n) is 12.2. The number of aliphatic hydroxyl groups is 1. The van der Waals surface area contributed by atoms with Gasteiger partial charge in [0.15, 0.2) is 11.9 Å². The molecule has 3 N–H and O–H groups in total. The van der Waals surface area contributed by atoms with Gasteiger partial charge in [-0.1, -0.05) is 0 Å². The van der Waals surface area contributed by atoms with Gasteiger partial charge >= 0.3 is 13.5 Å². The van der Waals surface area contributed by atoms with E-state index in [1.165, 1.54) is 0 Å². The highest BCUT2D eigenvalue weighted by atomic mass is 31.2. The molecule has 10 nitrogen and oxygen atoms in total. The van der Waals surface area contributed by atoms with Crippen molar-refractivity contribution in [2.24, 2.45) is 0 Å². The van der Waals surface area contributed by atoms with Crippen molar-refractivity contribution in [1.29, 1.82) is 0 Å². The van der Waals surface area contributed by atoms with Crippen molar-refractivity contribution in [2.45, 2.75) is 31.0 Å². The van der Waals surface area contributed by atoms with Crippen molar-refractivity contribution in [2.75, 3.05) is 13.7 Å². The van der Waals surface area contributed by atoms with Crippen LogP contribution in [0.15, 0.2) is 21.9 Å². The van der Waals surface area contributed by atoms with Gasteiger partial charge in [-0.2, -0.15) is 0 Å². The minimum Gasteiger partial charge on any atom is -0.387 e. The predicted molar refractivity (Wildman–Crippen MR) is 73.5 cm³/mol. The van der Waals surface area contributed by atoms with Crippen LogP contribution in [0.2, 0.25) is 0 Å². The topological polar surface area (TPSA) is 140 Å². The van der Waals surface area contributed by atoms with Crippen molar-refractivity contribution in [1.82, 2.24) is 9.55 Å². The molecule has 1 aromatic heterocycles. The van der Waals surface area contributed by atoms with Crippen LogP contribution in [0.3, 0.4) is 0 Å². The zero-order chi connectivity index (χ0) is 17.4. The van der Waals surface area contributed by atoms with Crippen LogP contribution in [0.5, 0.6) is 0 Å². The van der Waals surface area contributed by atoms with E-state index in [1.807, 2.05) is 4.98 Å². The monoisotopic (exact) mass is 354 g/mol. The van der Waals surface area contributed by atoms with E-state index >= 15 is 0 Å². The molecule has 0 radical (unpaired) electrons. The lowest BCUT2D eigenvalue weighted by atomic mass is 9.98. The molecule has 5 atom stereocenters. The van der Waals surface area contributed by atoms with E-state index in [-0.39, 0.29) is 0 Å². The number of phosphoric acid groups is 1. The highest BCUT2D eigenvalue weighted by Crippen LogP contribution is 2.45. The number of aliphatic hydroxyl groups excluding tert-OH is 1. The third kappa shape index (κ3) is 3.60. The number of hydrogen-bond donors (Lipinski definition) is 3. The SMILES string of the molecule is COP(=O)(O)OC[C@H]1O[C@@H](n2ccc(=O)[nH]c2=O)[C@](C)(F)[C@@H]1O. The smallest absolute Gasteiger partial charge is 0.387 e. The molecule has 1 aromatic rings. The normalized spacial score (nSPS) is 33.5. The number of halogens is 1. The van der Waals surface area contributed by atoms with E-state index in [1.54, 1.807) is 0 Å². The Kier molecular flexibility index (Phi) is 4.90. The fourth-order valence-corrected chi connectivity index (χ4v) is 2.62. The van der Waals surface area contributed by atoms with Gasteiger partial charge in [0.25, 0.3) is 5.56 Å². The first-order valence-electron chi connectivity index (χ1n) is 6.45. The van der Waals surface area contributed by atoms with Gasteiger partial charge in [-0.25, -0.2) is 13.8 Å². The lowest BCUT2D eigenvalue weighted by Gasteiger charge is -2.24. The largest absolute Gasteiger partial charge is 0.472 e.